The summed E-state index contributed by atoms with van der Waals surface area (Å²) in [7, 11) is 0. The second-order valence-electron chi connectivity index (χ2n) is 4.30. The summed E-state index contributed by atoms with van der Waals surface area (Å²) in [4.78, 5) is 12.5. The van der Waals surface area contributed by atoms with Crippen LogP contribution in [0.2, 0.25) is 10.0 Å². The second-order valence-corrected chi connectivity index (χ2v) is 6.33. The van der Waals surface area contributed by atoms with Crippen LogP contribution in [0.3, 0.4) is 0 Å². The summed E-state index contributed by atoms with van der Waals surface area (Å²) >= 11 is 14.0. The number of carbonyl (C=O) groups excluding carboxylic acids is 1. The van der Waals surface area contributed by atoms with Gasteiger partial charge in [0.25, 0.3) is 5.91 Å². The minimum atomic E-state index is -0.214. The number of hydrogen-bond acceptors (Lipinski definition) is 2. The van der Waals surface area contributed by atoms with E-state index in [1.165, 1.54) is 0 Å². The first-order valence-corrected chi connectivity index (χ1v) is 8.14. The van der Waals surface area contributed by atoms with Crippen molar-refractivity contribution in [1.82, 2.24) is 0 Å². The minimum Gasteiger partial charge on any atom is -0.385 e. The third kappa shape index (κ3) is 4.25. The van der Waals surface area contributed by atoms with Gasteiger partial charge in [0, 0.05) is 25.8 Å². The Morgan fingerprint density at radius 1 is 1.10 bits per heavy atom. The molecule has 0 fully saturated rings. The first-order valence-electron chi connectivity index (χ1n) is 6.31. The van der Waals surface area contributed by atoms with E-state index in [-0.39, 0.29) is 5.91 Å². The van der Waals surface area contributed by atoms with Gasteiger partial charge >= 0.3 is 0 Å². The smallest absolute Gasteiger partial charge is 0.257 e. The molecule has 0 radical (unpaired) electrons. The number of amides is 1. The molecule has 2 N–H and O–H groups in total. The van der Waals surface area contributed by atoms with Crippen LogP contribution in [0.1, 0.15) is 17.3 Å². The average molecular weight is 435 g/mol. The maximum atomic E-state index is 12.5. The van der Waals surface area contributed by atoms with Gasteiger partial charge in [-0.3, -0.25) is 4.79 Å². The number of nitrogens with one attached hydrogen (secondary N) is 2. The van der Waals surface area contributed by atoms with Gasteiger partial charge in [-0.2, -0.15) is 0 Å². The Bertz CT molecular complexity index is 677. The van der Waals surface area contributed by atoms with Gasteiger partial charge in [-0.1, -0.05) is 23.2 Å². The molecule has 2 aromatic rings. The van der Waals surface area contributed by atoms with E-state index in [2.05, 4.69) is 33.2 Å². The SMILES string of the molecule is CCNc1ccc(Cl)cc1C(=O)Nc1ccc(Cl)cc1I. The van der Waals surface area contributed by atoms with Crippen LogP contribution in [0.5, 0.6) is 0 Å². The lowest BCUT2D eigenvalue weighted by Crippen LogP contribution is -2.15. The Kier molecular flexibility index (Phi) is 5.72. The van der Waals surface area contributed by atoms with E-state index < -0.39 is 0 Å². The third-order valence-electron chi connectivity index (χ3n) is 2.77. The number of benzene rings is 2. The molecule has 0 aliphatic heterocycles. The summed E-state index contributed by atoms with van der Waals surface area (Å²) in [5, 5.41) is 7.18. The van der Waals surface area contributed by atoms with E-state index in [9.17, 15) is 4.79 Å². The van der Waals surface area contributed by atoms with E-state index in [0.717, 1.165) is 15.8 Å². The predicted molar refractivity (Wildman–Crippen MR) is 97.7 cm³/mol. The molecule has 0 aliphatic carbocycles. The van der Waals surface area contributed by atoms with E-state index in [1.54, 1.807) is 36.4 Å². The minimum absolute atomic E-state index is 0.214. The Morgan fingerprint density at radius 2 is 1.71 bits per heavy atom. The fourth-order valence-electron chi connectivity index (χ4n) is 1.83. The summed E-state index contributed by atoms with van der Waals surface area (Å²) < 4.78 is 0.875. The summed E-state index contributed by atoms with van der Waals surface area (Å²) in [6, 6.07) is 10.5. The van der Waals surface area contributed by atoms with Crippen LogP contribution in [-0.2, 0) is 0 Å². The largest absolute Gasteiger partial charge is 0.385 e. The monoisotopic (exact) mass is 434 g/mol. The van der Waals surface area contributed by atoms with Crippen molar-refractivity contribution in [2.24, 2.45) is 0 Å². The molecular weight excluding hydrogens is 422 g/mol. The number of hydrogen-bond donors (Lipinski definition) is 2. The zero-order valence-electron chi connectivity index (χ0n) is 11.2. The van der Waals surface area contributed by atoms with Crippen LogP contribution < -0.4 is 10.6 Å². The number of halogens is 3. The molecule has 21 heavy (non-hydrogen) atoms. The lowest BCUT2D eigenvalue weighted by molar-refractivity contribution is 0.102. The van der Waals surface area contributed by atoms with Gasteiger partial charge in [-0.05, 0) is 65.9 Å². The fraction of sp³-hybridized carbons (Fsp3) is 0.133. The summed E-state index contributed by atoms with van der Waals surface area (Å²) in [5.41, 5.74) is 1.98. The highest BCUT2D eigenvalue weighted by atomic mass is 127. The highest BCUT2D eigenvalue weighted by Gasteiger charge is 2.13. The molecule has 0 spiro atoms. The normalized spacial score (nSPS) is 10.3. The van der Waals surface area contributed by atoms with E-state index in [1.807, 2.05) is 6.92 Å². The van der Waals surface area contributed by atoms with Gasteiger partial charge in [0.15, 0.2) is 0 Å². The van der Waals surface area contributed by atoms with E-state index in [0.29, 0.717) is 21.3 Å². The zero-order chi connectivity index (χ0) is 15.4. The van der Waals surface area contributed by atoms with Crippen molar-refractivity contribution >= 4 is 63.1 Å². The van der Waals surface area contributed by atoms with Crippen LogP contribution in [0.4, 0.5) is 11.4 Å². The molecule has 0 saturated carbocycles. The lowest BCUT2D eigenvalue weighted by atomic mass is 10.1. The zero-order valence-corrected chi connectivity index (χ0v) is 14.9. The topological polar surface area (TPSA) is 41.1 Å². The van der Waals surface area contributed by atoms with Gasteiger partial charge in [0.2, 0.25) is 0 Å². The van der Waals surface area contributed by atoms with Crippen LogP contribution in [-0.4, -0.2) is 12.5 Å². The Hall–Kier alpha value is -0.980. The first-order chi connectivity index (χ1) is 10.0. The molecule has 0 aromatic heterocycles. The fourth-order valence-corrected chi connectivity index (χ4v) is 3.01. The van der Waals surface area contributed by atoms with Crippen molar-refractivity contribution in [2.75, 3.05) is 17.2 Å². The van der Waals surface area contributed by atoms with Crippen molar-refractivity contribution in [3.63, 3.8) is 0 Å². The van der Waals surface area contributed by atoms with Crippen molar-refractivity contribution in [2.45, 2.75) is 6.92 Å². The molecule has 0 saturated heterocycles. The molecule has 1 amide bonds. The molecule has 0 atom stereocenters. The first kappa shape index (κ1) is 16.4. The predicted octanol–water partition coefficient (Wildman–Crippen LogP) is 5.28. The molecule has 110 valence electrons. The van der Waals surface area contributed by atoms with Crippen molar-refractivity contribution < 1.29 is 4.79 Å². The summed E-state index contributed by atoms with van der Waals surface area (Å²) in [6.07, 6.45) is 0. The van der Waals surface area contributed by atoms with Gasteiger partial charge in [0.1, 0.15) is 0 Å². The number of anilines is 2. The quantitative estimate of drug-likeness (QED) is 0.642. The number of rotatable bonds is 4. The van der Waals surface area contributed by atoms with Crippen molar-refractivity contribution in [3.05, 3.63) is 55.6 Å². The van der Waals surface area contributed by atoms with Crippen LogP contribution >= 0.6 is 45.8 Å². The second kappa shape index (κ2) is 7.33. The number of carbonyl (C=O) groups is 1. The lowest BCUT2D eigenvalue weighted by Gasteiger charge is -2.12. The highest BCUT2D eigenvalue weighted by Crippen LogP contribution is 2.25. The third-order valence-corrected chi connectivity index (χ3v) is 4.14. The summed E-state index contributed by atoms with van der Waals surface area (Å²) in [6.45, 7) is 2.69. The van der Waals surface area contributed by atoms with Crippen LogP contribution in [0, 0.1) is 3.57 Å². The van der Waals surface area contributed by atoms with Gasteiger partial charge < -0.3 is 10.6 Å². The molecule has 0 heterocycles. The summed E-state index contributed by atoms with van der Waals surface area (Å²) in [5.74, 6) is -0.214. The molecule has 0 unspecified atom stereocenters. The van der Waals surface area contributed by atoms with E-state index >= 15 is 0 Å². The van der Waals surface area contributed by atoms with Gasteiger partial charge in [-0.25, -0.2) is 0 Å². The maximum absolute atomic E-state index is 12.5. The van der Waals surface area contributed by atoms with Crippen molar-refractivity contribution in [1.29, 1.82) is 0 Å². The van der Waals surface area contributed by atoms with E-state index in [4.69, 9.17) is 23.2 Å². The molecule has 6 heteroatoms. The van der Waals surface area contributed by atoms with Gasteiger partial charge in [-0.15, -0.1) is 0 Å². The van der Waals surface area contributed by atoms with Gasteiger partial charge in [0.05, 0.1) is 11.3 Å². The Labute approximate surface area is 147 Å². The standard InChI is InChI=1S/C15H13Cl2IN2O/c1-2-19-13-5-3-9(16)7-11(13)15(21)20-14-6-4-10(17)8-12(14)18/h3-8,19H,2H2,1H3,(H,20,21). The molecule has 0 aliphatic rings. The Morgan fingerprint density at radius 3 is 2.33 bits per heavy atom. The Balaban J connectivity index is 2.29. The van der Waals surface area contributed by atoms with Crippen LogP contribution in [0.15, 0.2) is 36.4 Å². The maximum Gasteiger partial charge on any atom is 0.257 e. The molecular formula is C15H13Cl2IN2O. The molecule has 2 aromatic carbocycles. The average Bonchev–Trinajstić information content (AvgIpc) is 2.44. The molecule has 0 bridgehead atoms. The molecule has 2 rings (SSSR count). The highest BCUT2D eigenvalue weighted by molar-refractivity contribution is 14.1. The van der Waals surface area contributed by atoms with Crippen LogP contribution in [0.25, 0.3) is 0 Å². The molecule has 3 nitrogen and oxygen atoms in total. The van der Waals surface area contributed by atoms with Crippen molar-refractivity contribution in [3.8, 4) is 0 Å².